The Morgan fingerprint density at radius 3 is 1.18 bits per heavy atom. The normalized spacial score (nSPS) is 10.9. The van der Waals surface area contributed by atoms with Gasteiger partial charge in [0, 0.05) is 23.2 Å². The molecule has 186 valence electrons. The lowest BCUT2D eigenvalue weighted by Crippen LogP contribution is -2.08. The zero-order valence-corrected chi connectivity index (χ0v) is 19.2. The fourth-order valence-electron chi connectivity index (χ4n) is 4.48. The molecule has 0 bridgehead atoms. The summed E-state index contributed by atoms with van der Waals surface area (Å²) in [5.74, 6) is -5.43. The highest BCUT2D eigenvalue weighted by Crippen LogP contribution is 2.36. The van der Waals surface area contributed by atoms with Crippen LogP contribution in [-0.4, -0.2) is 54.3 Å². The molecule has 0 radical (unpaired) electrons. The van der Waals surface area contributed by atoms with Crippen molar-refractivity contribution in [3.63, 3.8) is 0 Å². The third-order valence-electron chi connectivity index (χ3n) is 6.20. The van der Waals surface area contributed by atoms with Gasteiger partial charge in [0.15, 0.2) is 0 Å². The summed E-state index contributed by atoms with van der Waals surface area (Å²) in [6.45, 7) is 0. The summed E-state index contributed by atoms with van der Waals surface area (Å²) in [4.78, 5) is 55.2. The zero-order chi connectivity index (χ0) is 27.1. The highest BCUT2D eigenvalue weighted by molar-refractivity contribution is 6.13. The maximum atomic E-state index is 11.7. The highest BCUT2D eigenvalue weighted by atomic mass is 16.4. The number of hydrogen-bond acceptors (Lipinski definition) is 6. The van der Waals surface area contributed by atoms with E-state index in [4.69, 9.17) is 0 Å². The molecule has 2 heterocycles. The molecule has 5 rings (SSSR count). The lowest BCUT2D eigenvalue weighted by atomic mass is 9.93. The number of hydrogen-bond donors (Lipinski definition) is 4. The number of carboxylic acids is 4. The van der Waals surface area contributed by atoms with Gasteiger partial charge in [0.2, 0.25) is 0 Å². The number of carboxylic acid groups (broad SMARTS) is 4. The Morgan fingerprint density at radius 1 is 0.474 bits per heavy atom. The van der Waals surface area contributed by atoms with Gasteiger partial charge in [-0.1, -0.05) is 24.3 Å². The molecule has 5 aromatic rings. The summed E-state index contributed by atoms with van der Waals surface area (Å²) in [7, 11) is 0. The summed E-state index contributed by atoms with van der Waals surface area (Å²) in [5.41, 5.74) is 1.81. The molecule has 0 aliphatic carbocycles. The van der Waals surface area contributed by atoms with Gasteiger partial charge >= 0.3 is 23.9 Å². The number of carbonyl (C=O) groups is 4. The number of aromatic nitrogens is 2. The maximum absolute atomic E-state index is 11.7. The van der Waals surface area contributed by atoms with E-state index in [1.165, 1.54) is 48.8 Å². The molecular weight excluding hydrogens is 492 g/mol. The van der Waals surface area contributed by atoms with E-state index in [0.717, 1.165) is 0 Å². The third kappa shape index (κ3) is 3.95. The molecular formula is C28H16N2O8. The van der Waals surface area contributed by atoms with Crippen molar-refractivity contribution in [2.75, 3.05) is 0 Å². The minimum Gasteiger partial charge on any atom is -0.478 e. The van der Waals surface area contributed by atoms with Crippen molar-refractivity contribution >= 4 is 45.7 Å². The van der Waals surface area contributed by atoms with Gasteiger partial charge < -0.3 is 20.4 Å². The fraction of sp³-hybridized carbons (Fsp3) is 0. The van der Waals surface area contributed by atoms with Crippen LogP contribution in [0.3, 0.4) is 0 Å². The van der Waals surface area contributed by atoms with Crippen molar-refractivity contribution in [2.24, 2.45) is 0 Å². The molecule has 0 unspecified atom stereocenters. The van der Waals surface area contributed by atoms with E-state index in [2.05, 4.69) is 9.97 Å². The monoisotopic (exact) mass is 508 g/mol. The lowest BCUT2D eigenvalue weighted by molar-refractivity contribution is 0.0651. The lowest BCUT2D eigenvalue weighted by Gasteiger charge is -2.13. The Labute approximate surface area is 213 Å². The van der Waals surface area contributed by atoms with Crippen LogP contribution in [0.5, 0.6) is 0 Å². The summed E-state index contributed by atoms with van der Waals surface area (Å²) >= 11 is 0. The molecule has 0 atom stereocenters. The van der Waals surface area contributed by atoms with E-state index in [9.17, 15) is 39.6 Å². The van der Waals surface area contributed by atoms with Crippen molar-refractivity contribution in [2.45, 2.75) is 0 Å². The minimum absolute atomic E-state index is 0.328. The van der Waals surface area contributed by atoms with Crippen LogP contribution in [0, 0.1) is 0 Å². The van der Waals surface area contributed by atoms with E-state index in [1.54, 1.807) is 24.3 Å². The van der Waals surface area contributed by atoms with Gasteiger partial charge in [-0.2, -0.15) is 0 Å². The van der Waals surface area contributed by atoms with Crippen LogP contribution in [-0.2, 0) is 0 Å². The molecule has 38 heavy (non-hydrogen) atoms. The number of fused-ring (bicyclic) bond motifs is 3. The number of pyridine rings is 2. The molecule has 0 aliphatic heterocycles. The fourth-order valence-corrected chi connectivity index (χ4v) is 4.48. The molecule has 0 saturated heterocycles. The van der Waals surface area contributed by atoms with Crippen molar-refractivity contribution in [3.8, 4) is 22.3 Å². The van der Waals surface area contributed by atoms with Crippen molar-refractivity contribution in [1.29, 1.82) is 0 Å². The Balaban J connectivity index is 1.72. The molecule has 0 spiro atoms. The van der Waals surface area contributed by atoms with Crippen molar-refractivity contribution < 1.29 is 39.6 Å². The molecule has 0 aliphatic rings. The van der Waals surface area contributed by atoms with Crippen LogP contribution < -0.4 is 0 Å². The summed E-state index contributed by atoms with van der Waals surface area (Å²) in [5, 5.41) is 39.0. The predicted octanol–water partition coefficient (Wildman–Crippen LogP) is 4.91. The van der Waals surface area contributed by atoms with Gasteiger partial charge in [-0.05, 0) is 58.7 Å². The molecule has 0 amide bonds. The van der Waals surface area contributed by atoms with Crippen molar-refractivity contribution in [3.05, 3.63) is 95.3 Å². The minimum atomic E-state index is -1.37. The molecule has 0 saturated carbocycles. The van der Waals surface area contributed by atoms with Crippen LogP contribution in [0.25, 0.3) is 44.1 Å². The first-order chi connectivity index (χ1) is 18.2. The SMILES string of the molecule is O=C(O)c1ccc(-c2ccnc3c2ccc2c(-c4ccc(C(=O)O)c(C(=O)O)c4)ccnc23)cc1C(=O)O. The van der Waals surface area contributed by atoms with E-state index in [1.807, 2.05) is 0 Å². The Bertz CT molecular complexity index is 1710. The average molecular weight is 508 g/mol. The van der Waals surface area contributed by atoms with E-state index >= 15 is 0 Å². The average Bonchev–Trinajstić information content (AvgIpc) is 2.91. The zero-order valence-electron chi connectivity index (χ0n) is 19.2. The molecule has 0 fully saturated rings. The summed E-state index contributed by atoms with van der Waals surface area (Å²) in [6.07, 6.45) is 3.06. The Kier molecular flexibility index (Phi) is 5.76. The standard InChI is InChI=1S/C28H16N2O8/c31-25(32)19-3-1-13(11-21(19)27(35)36)15-7-9-29-23-17(15)5-6-18-16(8-10-30-24(18)23)14-2-4-20(26(33)34)22(12-14)28(37)38/h1-12H,(H,31,32)(H,33,34)(H,35,36)(H,37,38). The van der Waals surface area contributed by atoms with Crippen LogP contribution >= 0.6 is 0 Å². The van der Waals surface area contributed by atoms with E-state index < -0.39 is 23.9 Å². The number of nitrogens with zero attached hydrogens (tertiary/aromatic N) is 2. The third-order valence-corrected chi connectivity index (χ3v) is 6.20. The Hall–Kier alpha value is -5.64. The van der Waals surface area contributed by atoms with Gasteiger partial charge in [0.05, 0.1) is 33.3 Å². The quantitative estimate of drug-likeness (QED) is 0.231. The van der Waals surface area contributed by atoms with Crippen LogP contribution in [0.2, 0.25) is 0 Å². The second kappa shape index (κ2) is 9.10. The van der Waals surface area contributed by atoms with Gasteiger partial charge in [-0.25, -0.2) is 19.2 Å². The van der Waals surface area contributed by atoms with Gasteiger partial charge in [0.1, 0.15) is 0 Å². The summed E-state index contributed by atoms with van der Waals surface area (Å²) < 4.78 is 0. The first kappa shape index (κ1) is 24.1. The maximum Gasteiger partial charge on any atom is 0.336 e. The van der Waals surface area contributed by atoms with Gasteiger partial charge in [-0.3, -0.25) is 9.97 Å². The molecule has 3 aromatic carbocycles. The molecule has 4 N–H and O–H groups in total. The molecule has 10 heteroatoms. The highest BCUT2D eigenvalue weighted by Gasteiger charge is 2.20. The topological polar surface area (TPSA) is 175 Å². The largest absolute Gasteiger partial charge is 0.478 e. The van der Waals surface area contributed by atoms with Gasteiger partial charge in [0.25, 0.3) is 0 Å². The second-order valence-corrected chi connectivity index (χ2v) is 8.32. The smallest absolute Gasteiger partial charge is 0.336 e. The van der Waals surface area contributed by atoms with Crippen LogP contribution in [0.1, 0.15) is 41.4 Å². The number of benzene rings is 3. The van der Waals surface area contributed by atoms with Crippen molar-refractivity contribution in [1.82, 2.24) is 9.97 Å². The van der Waals surface area contributed by atoms with E-state index in [0.29, 0.717) is 44.1 Å². The first-order valence-electron chi connectivity index (χ1n) is 11.1. The Morgan fingerprint density at radius 2 is 0.842 bits per heavy atom. The van der Waals surface area contributed by atoms with Crippen LogP contribution in [0.4, 0.5) is 0 Å². The number of aromatic carboxylic acids is 4. The first-order valence-corrected chi connectivity index (χ1v) is 11.1. The van der Waals surface area contributed by atoms with Crippen LogP contribution in [0.15, 0.2) is 73.1 Å². The second-order valence-electron chi connectivity index (χ2n) is 8.32. The summed E-state index contributed by atoms with van der Waals surface area (Å²) in [6, 6.07) is 15.0. The molecule has 2 aromatic heterocycles. The predicted molar refractivity (Wildman–Crippen MR) is 136 cm³/mol. The van der Waals surface area contributed by atoms with E-state index in [-0.39, 0.29) is 22.3 Å². The number of rotatable bonds is 6. The van der Waals surface area contributed by atoms with Gasteiger partial charge in [-0.15, -0.1) is 0 Å². The molecule has 10 nitrogen and oxygen atoms in total.